The zero-order chi connectivity index (χ0) is 30.7. The van der Waals surface area contributed by atoms with Crippen LogP contribution < -0.4 is 11.5 Å². The number of carbonyl (C=O) groups excluding carboxylic acids is 3. The van der Waals surface area contributed by atoms with Crippen molar-refractivity contribution in [3.8, 4) is 16.9 Å². The molecule has 5 atom stereocenters. The van der Waals surface area contributed by atoms with Crippen LogP contribution in [0.3, 0.4) is 0 Å². The van der Waals surface area contributed by atoms with Gasteiger partial charge in [-0.2, -0.15) is 0 Å². The highest BCUT2D eigenvalue weighted by molar-refractivity contribution is 6.22. The van der Waals surface area contributed by atoms with E-state index in [-0.39, 0.29) is 16.9 Å². The Hall–Kier alpha value is -4.21. The van der Waals surface area contributed by atoms with Gasteiger partial charge in [0.25, 0.3) is 5.91 Å². The minimum Gasteiger partial charge on any atom is -0.511 e. The number of primary amides is 1. The Balaban J connectivity index is 1.57. The molecule has 5 rings (SSSR count). The van der Waals surface area contributed by atoms with E-state index in [0.717, 1.165) is 16.7 Å². The second kappa shape index (κ2) is 10.6. The van der Waals surface area contributed by atoms with E-state index in [1.165, 1.54) is 6.07 Å². The van der Waals surface area contributed by atoms with Gasteiger partial charge in [-0.3, -0.25) is 19.3 Å². The first-order valence-corrected chi connectivity index (χ1v) is 14.0. The average Bonchev–Trinajstić information content (AvgIpc) is 2.88. The van der Waals surface area contributed by atoms with Crippen molar-refractivity contribution in [2.45, 2.75) is 44.2 Å². The van der Waals surface area contributed by atoms with E-state index < -0.39 is 63.9 Å². The van der Waals surface area contributed by atoms with E-state index in [2.05, 4.69) is 6.58 Å². The molecule has 2 aromatic rings. The van der Waals surface area contributed by atoms with Crippen molar-refractivity contribution in [2.75, 3.05) is 14.1 Å². The molecule has 2 aromatic carbocycles. The molecule has 1 amide bonds. The second-order valence-electron chi connectivity index (χ2n) is 12.3. The lowest BCUT2D eigenvalue weighted by atomic mass is 9.60. The lowest BCUT2D eigenvalue weighted by Gasteiger charge is -2.46. The van der Waals surface area contributed by atoms with E-state index in [0.29, 0.717) is 31.2 Å². The summed E-state index contributed by atoms with van der Waals surface area (Å²) in [6.07, 6.45) is 3.77. The van der Waals surface area contributed by atoms with Crippen molar-refractivity contribution in [3.63, 3.8) is 0 Å². The number of hydrogen-bond acceptors (Lipinski definition) is 8. The molecular weight excluding hydrogens is 534 g/mol. The first kappa shape index (κ1) is 29.3. The summed E-state index contributed by atoms with van der Waals surface area (Å²) >= 11 is 0. The van der Waals surface area contributed by atoms with Gasteiger partial charge in [0.1, 0.15) is 22.8 Å². The minimum atomic E-state index is -1.21. The Morgan fingerprint density at radius 1 is 1.10 bits per heavy atom. The molecule has 3 aliphatic carbocycles. The molecule has 4 unspecified atom stereocenters. The van der Waals surface area contributed by atoms with Crippen molar-refractivity contribution < 1.29 is 29.7 Å². The predicted molar refractivity (Wildman–Crippen MR) is 159 cm³/mol. The highest BCUT2D eigenvalue weighted by Crippen LogP contribution is 2.51. The summed E-state index contributed by atoms with van der Waals surface area (Å²) < 4.78 is 0. The monoisotopic (exact) mass is 571 g/mol. The van der Waals surface area contributed by atoms with Gasteiger partial charge in [-0.05, 0) is 86.9 Å². The smallest absolute Gasteiger partial charge is 0.255 e. The lowest BCUT2D eigenvalue weighted by molar-refractivity contribution is -0.127. The number of Topliss-reactive ketones (excluding diaryl/α,β-unsaturated/α-hetero) is 2. The van der Waals surface area contributed by atoms with Crippen LogP contribution in [-0.2, 0) is 22.4 Å². The molecule has 0 fully saturated rings. The van der Waals surface area contributed by atoms with E-state index in [4.69, 9.17) is 11.5 Å². The first-order chi connectivity index (χ1) is 19.8. The quantitative estimate of drug-likeness (QED) is 0.249. The standard InChI is InChI=1S/C33H37N3O6/c1-5-12-33(2,35)15-16-6-8-17(9-7-16)19-10-11-22(37)24-20(19)13-18-14-21-25(29(39)23(18)28(24)38)30(40)26(32(34)42)31(41)27(21)36(3)4/h5-11,18,21,25,27,37,39,41H,1,12-15,35H2,2-4H3,(H2,34,42)/t18?,21?,25?,27-,33?/m0/s1. The number of nitrogens with zero attached hydrogens (tertiary/aromatic N) is 1. The van der Waals surface area contributed by atoms with Gasteiger partial charge in [0, 0.05) is 11.1 Å². The molecule has 0 aromatic heterocycles. The van der Waals surface area contributed by atoms with E-state index in [1.807, 2.05) is 31.2 Å². The normalized spacial score (nSPS) is 25.1. The van der Waals surface area contributed by atoms with Gasteiger partial charge in [-0.25, -0.2) is 0 Å². The molecule has 0 aliphatic heterocycles. The Bertz CT molecular complexity index is 1570. The molecule has 0 saturated carbocycles. The van der Waals surface area contributed by atoms with Crippen LogP contribution in [0.25, 0.3) is 11.1 Å². The molecule has 3 aliphatic rings. The van der Waals surface area contributed by atoms with Gasteiger partial charge < -0.3 is 26.8 Å². The number of hydrogen-bond donors (Lipinski definition) is 5. The lowest BCUT2D eigenvalue weighted by Crippen LogP contribution is -2.53. The molecular formula is C33H37N3O6. The van der Waals surface area contributed by atoms with Crippen LogP contribution in [0.1, 0.15) is 41.3 Å². The Morgan fingerprint density at radius 3 is 2.36 bits per heavy atom. The number of amides is 1. The molecule has 9 nitrogen and oxygen atoms in total. The van der Waals surface area contributed by atoms with E-state index >= 15 is 0 Å². The van der Waals surface area contributed by atoms with Crippen molar-refractivity contribution >= 4 is 17.5 Å². The van der Waals surface area contributed by atoms with Gasteiger partial charge in [0.2, 0.25) is 0 Å². The predicted octanol–water partition coefficient (Wildman–Crippen LogP) is 3.51. The largest absolute Gasteiger partial charge is 0.511 e. The zero-order valence-corrected chi connectivity index (χ0v) is 24.1. The summed E-state index contributed by atoms with van der Waals surface area (Å²) in [6.45, 7) is 5.76. The maximum absolute atomic E-state index is 13.9. The number of benzene rings is 2. The third kappa shape index (κ3) is 4.72. The van der Waals surface area contributed by atoms with Gasteiger partial charge in [-0.15, -0.1) is 6.58 Å². The number of allylic oxidation sites excluding steroid dienone is 2. The molecule has 0 heterocycles. The molecule has 0 radical (unpaired) electrons. The van der Waals surface area contributed by atoms with E-state index in [9.17, 15) is 29.7 Å². The number of carbonyl (C=O) groups is 3. The number of nitrogens with two attached hydrogens (primary N) is 2. The molecule has 0 saturated heterocycles. The molecule has 0 bridgehead atoms. The molecule has 9 heteroatoms. The fraction of sp³-hybridized carbons (Fsp3) is 0.364. The van der Waals surface area contributed by atoms with Crippen LogP contribution in [0.5, 0.6) is 5.75 Å². The summed E-state index contributed by atoms with van der Waals surface area (Å²) in [4.78, 5) is 41.1. The molecule has 0 spiro atoms. The number of phenols is 1. The number of rotatable bonds is 7. The van der Waals surface area contributed by atoms with Crippen molar-refractivity contribution in [3.05, 3.63) is 88.4 Å². The summed E-state index contributed by atoms with van der Waals surface area (Å²) in [5, 5.41) is 33.2. The average molecular weight is 572 g/mol. The zero-order valence-electron chi connectivity index (χ0n) is 24.1. The third-order valence-corrected chi connectivity index (χ3v) is 8.93. The Morgan fingerprint density at radius 2 is 1.76 bits per heavy atom. The number of phenolic OH excluding ortho intramolecular Hbond substituents is 1. The van der Waals surface area contributed by atoms with Crippen molar-refractivity contribution in [2.24, 2.45) is 29.2 Å². The highest BCUT2D eigenvalue weighted by atomic mass is 16.3. The van der Waals surface area contributed by atoms with Gasteiger partial charge in [0.15, 0.2) is 11.6 Å². The molecule has 42 heavy (non-hydrogen) atoms. The maximum atomic E-state index is 13.9. The maximum Gasteiger partial charge on any atom is 0.255 e. The fourth-order valence-electron chi connectivity index (χ4n) is 7.21. The Kier molecular flexibility index (Phi) is 7.37. The van der Waals surface area contributed by atoms with Crippen LogP contribution >= 0.6 is 0 Å². The summed E-state index contributed by atoms with van der Waals surface area (Å²) in [7, 11) is 3.41. The summed E-state index contributed by atoms with van der Waals surface area (Å²) in [5.74, 6) is -5.77. The summed E-state index contributed by atoms with van der Waals surface area (Å²) in [6, 6.07) is 10.4. The van der Waals surface area contributed by atoms with Gasteiger partial charge in [-0.1, -0.05) is 36.4 Å². The third-order valence-electron chi connectivity index (χ3n) is 8.93. The van der Waals surface area contributed by atoms with Crippen LogP contribution in [0.15, 0.2) is 71.7 Å². The first-order valence-electron chi connectivity index (χ1n) is 14.0. The Labute approximate surface area is 244 Å². The number of ketones is 2. The van der Waals surface area contributed by atoms with Crippen LogP contribution in [0.2, 0.25) is 0 Å². The van der Waals surface area contributed by atoms with Crippen LogP contribution in [-0.4, -0.2) is 63.4 Å². The molecule has 220 valence electrons. The second-order valence-corrected chi connectivity index (χ2v) is 12.3. The minimum absolute atomic E-state index is 0.0621. The van der Waals surface area contributed by atoms with Crippen molar-refractivity contribution in [1.29, 1.82) is 0 Å². The number of fused-ring (bicyclic) bond motifs is 3. The van der Waals surface area contributed by atoms with Gasteiger partial charge in [0.05, 0.1) is 17.5 Å². The fourth-order valence-corrected chi connectivity index (χ4v) is 7.21. The number of aromatic hydroxyl groups is 1. The number of aliphatic hydroxyl groups is 2. The van der Waals surface area contributed by atoms with Crippen LogP contribution in [0, 0.1) is 17.8 Å². The molecule has 7 N–H and O–H groups in total. The van der Waals surface area contributed by atoms with E-state index in [1.54, 1.807) is 31.1 Å². The highest BCUT2D eigenvalue weighted by Gasteiger charge is 2.54. The number of aliphatic hydroxyl groups excluding tert-OH is 2. The van der Waals surface area contributed by atoms with Crippen molar-refractivity contribution in [1.82, 2.24) is 4.90 Å². The topological polar surface area (TPSA) is 167 Å². The van der Waals surface area contributed by atoms with Crippen LogP contribution in [0.4, 0.5) is 0 Å². The summed E-state index contributed by atoms with van der Waals surface area (Å²) in [5.41, 5.74) is 14.4. The number of likely N-dealkylation sites (N-methyl/N-ethyl adjacent to an activating group) is 1. The van der Waals surface area contributed by atoms with Gasteiger partial charge >= 0.3 is 0 Å². The SMILES string of the molecule is C=CCC(C)(N)Cc1ccc(-c2ccc(O)c3c2CC2CC4C(C(=O)C(C(N)=O)=C(O)[C@H]4N(C)C)C(O)=C2C3=O)cc1.